The summed E-state index contributed by atoms with van der Waals surface area (Å²) in [4.78, 5) is 11.0. The first-order valence-corrected chi connectivity index (χ1v) is 6.52. The zero-order valence-corrected chi connectivity index (χ0v) is 11.3. The number of nitro benzene ring substituents is 1. The fourth-order valence-corrected chi connectivity index (χ4v) is 2.33. The van der Waals surface area contributed by atoms with Crippen LogP contribution in [0, 0.1) is 10.1 Å². The van der Waals surface area contributed by atoms with Gasteiger partial charge in [-0.2, -0.15) is 0 Å². The summed E-state index contributed by atoms with van der Waals surface area (Å²) in [6.45, 7) is 5.01. The van der Waals surface area contributed by atoms with Crippen molar-refractivity contribution in [2.24, 2.45) is 0 Å². The van der Waals surface area contributed by atoms with Crippen molar-refractivity contribution >= 4 is 17.4 Å². The van der Waals surface area contributed by atoms with E-state index in [9.17, 15) is 20.3 Å². The Balaban J connectivity index is 3.08. The topological polar surface area (TPSA) is 83.6 Å². The molecule has 1 aromatic rings. The van der Waals surface area contributed by atoms with E-state index in [0.29, 0.717) is 10.5 Å². The molecule has 100 valence electrons. The molecule has 18 heavy (non-hydrogen) atoms. The van der Waals surface area contributed by atoms with Crippen LogP contribution in [0.3, 0.4) is 0 Å². The van der Waals surface area contributed by atoms with E-state index in [4.69, 9.17) is 0 Å². The third kappa shape index (κ3) is 3.69. The van der Waals surface area contributed by atoms with Crippen molar-refractivity contribution in [1.82, 2.24) is 0 Å². The SMILES string of the molecule is CC(O)C(C)Sc1ccc([C@H](C)O)cc1[N+](=O)[O-]. The lowest BCUT2D eigenvalue weighted by Crippen LogP contribution is -2.15. The molecule has 0 bridgehead atoms. The number of aliphatic hydroxyl groups excluding tert-OH is 2. The van der Waals surface area contributed by atoms with Crippen molar-refractivity contribution in [3.05, 3.63) is 33.9 Å². The van der Waals surface area contributed by atoms with Gasteiger partial charge in [0, 0.05) is 11.3 Å². The third-order valence-electron chi connectivity index (χ3n) is 2.65. The smallest absolute Gasteiger partial charge is 0.283 e. The number of hydrogen-bond acceptors (Lipinski definition) is 5. The lowest BCUT2D eigenvalue weighted by Gasteiger charge is -2.14. The van der Waals surface area contributed by atoms with Gasteiger partial charge in [-0.05, 0) is 25.5 Å². The van der Waals surface area contributed by atoms with Crippen molar-refractivity contribution < 1.29 is 15.1 Å². The van der Waals surface area contributed by atoms with Crippen molar-refractivity contribution in [3.63, 3.8) is 0 Å². The van der Waals surface area contributed by atoms with Gasteiger partial charge < -0.3 is 10.2 Å². The predicted molar refractivity (Wildman–Crippen MR) is 70.7 cm³/mol. The maximum absolute atomic E-state index is 11.0. The fraction of sp³-hybridized carbons (Fsp3) is 0.500. The van der Waals surface area contributed by atoms with Crippen LogP contribution in [-0.2, 0) is 0 Å². The van der Waals surface area contributed by atoms with Crippen LogP contribution in [0.15, 0.2) is 23.1 Å². The molecule has 0 saturated carbocycles. The van der Waals surface area contributed by atoms with Gasteiger partial charge in [0.05, 0.1) is 22.0 Å². The lowest BCUT2D eigenvalue weighted by molar-refractivity contribution is -0.387. The summed E-state index contributed by atoms with van der Waals surface area (Å²) in [6.07, 6.45) is -1.29. The van der Waals surface area contributed by atoms with Crippen LogP contribution >= 0.6 is 11.8 Å². The highest BCUT2D eigenvalue weighted by Gasteiger charge is 2.20. The molecule has 0 aliphatic rings. The number of rotatable bonds is 5. The average molecular weight is 271 g/mol. The highest BCUT2D eigenvalue weighted by Crippen LogP contribution is 2.34. The van der Waals surface area contributed by atoms with Gasteiger partial charge in [0.1, 0.15) is 0 Å². The maximum Gasteiger partial charge on any atom is 0.283 e. The highest BCUT2D eigenvalue weighted by molar-refractivity contribution is 8.00. The Morgan fingerprint density at radius 2 is 1.89 bits per heavy atom. The van der Waals surface area contributed by atoms with Crippen LogP contribution in [0.5, 0.6) is 0 Å². The summed E-state index contributed by atoms with van der Waals surface area (Å²) in [6, 6.07) is 4.65. The predicted octanol–water partition coefficient (Wildman–Crippen LogP) is 2.51. The van der Waals surface area contributed by atoms with E-state index in [1.165, 1.54) is 17.8 Å². The molecule has 0 aromatic heterocycles. The zero-order valence-electron chi connectivity index (χ0n) is 10.5. The molecule has 0 spiro atoms. The molecule has 0 aliphatic carbocycles. The molecular formula is C12H17NO4S. The van der Waals surface area contributed by atoms with Crippen LogP contribution in [-0.4, -0.2) is 26.5 Å². The molecule has 0 radical (unpaired) electrons. The summed E-state index contributed by atoms with van der Waals surface area (Å²) in [5, 5.41) is 29.7. The number of nitro groups is 1. The molecule has 3 atom stereocenters. The zero-order chi connectivity index (χ0) is 13.9. The minimum Gasteiger partial charge on any atom is -0.392 e. The molecule has 0 heterocycles. The third-order valence-corrected chi connectivity index (χ3v) is 4.02. The Morgan fingerprint density at radius 1 is 1.28 bits per heavy atom. The highest BCUT2D eigenvalue weighted by atomic mass is 32.2. The monoisotopic (exact) mass is 271 g/mol. The Bertz CT molecular complexity index is 434. The summed E-state index contributed by atoms with van der Waals surface area (Å²) in [5.41, 5.74) is 0.474. The Labute approximate surface area is 110 Å². The minimum absolute atomic E-state index is 0.0362. The second kappa shape index (κ2) is 6.17. The second-order valence-electron chi connectivity index (χ2n) is 4.22. The fourth-order valence-electron chi connectivity index (χ4n) is 1.34. The van der Waals surface area contributed by atoms with Crippen molar-refractivity contribution in [1.29, 1.82) is 0 Å². The van der Waals surface area contributed by atoms with Gasteiger partial charge in [0.25, 0.3) is 5.69 Å². The van der Waals surface area contributed by atoms with Gasteiger partial charge in [0.2, 0.25) is 0 Å². The standard InChI is InChI=1S/C12H17NO4S/c1-7(14)9(3)18-12-5-4-10(8(2)15)6-11(12)13(16)17/h4-9,14-15H,1-3H3/t7?,8-,9?/m0/s1. The van der Waals surface area contributed by atoms with Crippen LogP contribution in [0.1, 0.15) is 32.4 Å². The summed E-state index contributed by atoms with van der Waals surface area (Å²) in [5.74, 6) is 0. The quantitative estimate of drug-likeness (QED) is 0.488. The van der Waals surface area contributed by atoms with E-state index in [-0.39, 0.29) is 10.9 Å². The number of hydrogen-bond donors (Lipinski definition) is 2. The second-order valence-corrected chi connectivity index (χ2v) is 5.64. The Hall–Kier alpha value is -1.11. The minimum atomic E-state index is -0.739. The van der Waals surface area contributed by atoms with E-state index >= 15 is 0 Å². The number of thioether (sulfide) groups is 1. The summed E-state index contributed by atoms with van der Waals surface area (Å²) >= 11 is 1.25. The Morgan fingerprint density at radius 3 is 2.33 bits per heavy atom. The van der Waals surface area contributed by atoms with E-state index < -0.39 is 17.1 Å². The first kappa shape index (κ1) is 14.9. The molecule has 2 N–H and O–H groups in total. The van der Waals surface area contributed by atoms with Crippen LogP contribution < -0.4 is 0 Å². The molecule has 5 nitrogen and oxygen atoms in total. The molecule has 0 amide bonds. The van der Waals surface area contributed by atoms with Gasteiger partial charge in [-0.1, -0.05) is 13.0 Å². The summed E-state index contributed by atoms with van der Waals surface area (Å²) < 4.78 is 0. The normalized spacial score (nSPS) is 16.1. The van der Waals surface area contributed by atoms with Crippen LogP contribution in [0.2, 0.25) is 0 Å². The number of benzene rings is 1. The average Bonchev–Trinajstić information content (AvgIpc) is 2.28. The number of aliphatic hydroxyl groups is 2. The van der Waals surface area contributed by atoms with Crippen LogP contribution in [0.4, 0.5) is 5.69 Å². The molecule has 0 aliphatic heterocycles. The summed E-state index contributed by atoms with van der Waals surface area (Å²) in [7, 11) is 0. The molecule has 0 saturated heterocycles. The molecule has 2 unspecified atom stereocenters. The van der Waals surface area contributed by atoms with Crippen molar-refractivity contribution in [2.45, 2.75) is 43.1 Å². The van der Waals surface area contributed by atoms with Gasteiger partial charge in [-0.15, -0.1) is 11.8 Å². The molecular weight excluding hydrogens is 254 g/mol. The first-order chi connectivity index (χ1) is 8.32. The molecule has 1 rings (SSSR count). The van der Waals surface area contributed by atoms with Crippen molar-refractivity contribution in [2.75, 3.05) is 0 Å². The van der Waals surface area contributed by atoms with Gasteiger partial charge in [-0.25, -0.2) is 0 Å². The van der Waals surface area contributed by atoms with E-state index in [2.05, 4.69) is 0 Å². The van der Waals surface area contributed by atoms with E-state index in [1.807, 2.05) is 6.92 Å². The maximum atomic E-state index is 11.0. The van der Waals surface area contributed by atoms with Gasteiger partial charge in [0.15, 0.2) is 0 Å². The number of nitrogens with zero attached hydrogens (tertiary/aromatic N) is 1. The van der Waals surface area contributed by atoms with E-state index in [0.717, 1.165) is 0 Å². The van der Waals surface area contributed by atoms with Crippen molar-refractivity contribution in [3.8, 4) is 0 Å². The Kier molecular flexibility index (Phi) is 5.13. The molecule has 6 heteroatoms. The van der Waals surface area contributed by atoms with Gasteiger partial charge >= 0.3 is 0 Å². The lowest BCUT2D eigenvalue weighted by atomic mass is 10.1. The molecule has 0 fully saturated rings. The van der Waals surface area contributed by atoms with Crippen LogP contribution in [0.25, 0.3) is 0 Å². The first-order valence-electron chi connectivity index (χ1n) is 5.64. The largest absolute Gasteiger partial charge is 0.392 e. The van der Waals surface area contributed by atoms with Gasteiger partial charge in [-0.3, -0.25) is 10.1 Å². The van der Waals surface area contributed by atoms with E-state index in [1.54, 1.807) is 26.0 Å². The molecule has 1 aromatic carbocycles.